The van der Waals surface area contributed by atoms with Gasteiger partial charge in [0, 0.05) is 57.1 Å². The van der Waals surface area contributed by atoms with E-state index in [0.29, 0.717) is 6.54 Å². The summed E-state index contributed by atoms with van der Waals surface area (Å²) < 4.78 is 0. The van der Waals surface area contributed by atoms with Crippen molar-refractivity contribution in [3.63, 3.8) is 0 Å². The number of amides is 1. The summed E-state index contributed by atoms with van der Waals surface area (Å²) in [5.74, 6) is 0.142. The lowest BCUT2D eigenvalue weighted by Crippen LogP contribution is -2.50. The van der Waals surface area contributed by atoms with E-state index in [0.717, 1.165) is 31.9 Å². The molecule has 1 fully saturated rings. The van der Waals surface area contributed by atoms with Crippen molar-refractivity contribution in [2.24, 2.45) is 0 Å². The molecular formula is C16H24N4O3. The molecule has 126 valence electrons. The molecule has 0 saturated carbocycles. The Kier molecular flexibility index (Phi) is 5.54. The predicted molar refractivity (Wildman–Crippen MR) is 89.7 cm³/mol. The van der Waals surface area contributed by atoms with E-state index in [-0.39, 0.29) is 17.6 Å². The highest BCUT2D eigenvalue weighted by atomic mass is 16.6. The van der Waals surface area contributed by atoms with Crippen molar-refractivity contribution in [3.05, 3.63) is 34.4 Å². The third kappa shape index (κ3) is 4.41. The van der Waals surface area contributed by atoms with Gasteiger partial charge in [-0.2, -0.15) is 0 Å². The van der Waals surface area contributed by atoms with Gasteiger partial charge in [0.1, 0.15) is 0 Å². The van der Waals surface area contributed by atoms with Gasteiger partial charge < -0.3 is 9.80 Å². The Hall–Kier alpha value is -2.15. The fraction of sp³-hybridized carbons (Fsp3) is 0.562. The van der Waals surface area contributed by atoms with Crippen LogP contribution in [-0.2, 0) is 4.79 Å². The van der Waals surface area contributed by atoms with Crippen molar-refractivity contribution in [2.45, 2.75) is 19.9 Å². The van der Waals surface area contributed by atoms with Gasteiger partial charge in [-0.1, -0.05) is 0 Å². The maximum Gasteiger partial charge on any atom is 0.269 e. The number of non-ortho nitro benzene ring substituents is 1. The summed E-state index contributed by atoms with van der Waals surface area (Å²) in [5.41, 5.74) is 1.09. The summed E-state index contributed by atoms with van der Waals surface area (Å²) in [5, 5.41) is 10.7. The minimum atomic E-state index is -0.390. The summed E-state index contributed by atoms with van der Waals surface area (Å²) in [7, 11) is 1.83. The van der Waals surface area contributed by atoms with E-state index in [1.807, 2.05) is 20.9 Å². The molecule has 1 amide bonds. The number of nitro groups is 1. The van der Waals surface area contributed by atoms with Gasteiger partial charge in [-0.05, 0) is 26.0 Å². The molecular weight excluding hydrogens is 296 g/mol. The van der Waals surface area contributed by atoms with Crippen molar-refractivity contribution in [1.29, 1.82) is 0 Å². The van der Waals surface area contributed by atoms with Gasteiger partial charge in [0.2, 0.25) is 5.91 Å². The van der Waals surface area contributed by atoms with Crippen LogP contribution in [0.3, 0.4) is 0 Å². The zero-order valence-corrected chi connectivity index (χ0v) is 13.9. The predicted octanol–water partition coefficient (Wildman–Crippen LogP) is 1.58. The fourth-order valence-corrected chi connectivity index (χ4v) is 2.54. The number of hydrogen-bond donors (Lipinski definition) is 0. The Balaban J connectivity index is 1.86. The molecule has 0 aromatic heterocycles. The first-order valence-electron chi connectivity index (χ1n) is 7.86. The topological polar surface area (TPSA) is 69.9 Å². The van der Waals surface area contributed by atoms with E-state index in [4.69, 9.17) is 0 Å². The maximum absolute atomic E-state index is 12.1. The lowest BCUT2D eigenvalue weighted by molar-refractivity contribution is -0.384. The largest absolute Gasteiger partial charge is 0.369 e. The fourth-order valence-electron chi connectivity index (χ4n) is 2.54. The zero-order chi connectivity index (χ0) is 17.0. The molecule has 1 aromatic rings. The average molecular weight is 320 g/mol. The Morgan fingerprint density at radius 3 is 2.26 bits per heavy atom. The monoisotopic (exact) mass is 320 g/mol. The zero-order valence-electron chi connectivity index (χ0n) is 13.9. The van der Waals surface area contributed by atoms with Crippen LogP contribution in [0.2, 0.25) is 0 Å². The van der Waals surface area contributed by atoms with Crippen molar-refractivity contribution in [2.75, 3.05) is 44.7 Å². The summed E-state index contributed by atoms with van der Waals surface area (Å²) in [6.07, 6.45) is 0. The molecule has 1 aromatic carbocycles. The van der Waals surface area contributed by atoms with Crippen LogP contribution in [0.4, 0.5) is 11.4 Å². The highest BCUT2D eigenvalue weighted by molar-refractivity contribution is 5.78. The van der Waals surface area contributed by atoms with Crippen LogP contribution in [-0.4, -0.2) is 66.4 Å². The minimum Gasteiger partial charge on any atom is -0.369 e. The van der Waals surface area contributed by atoms with Gasteiger partial charge >= 0.3 is 0 Å². The van der Waals surface area contributed by atoms with Crippen LogP contribution in [0.5, 0.6) is 0 Å². The molecule has 1 aliphatic rings. The number of likely N-dealkylation sites (N-methyl/N-ethyl adjacent to an activating group) is 1. The van der Waals surface area contributed by atoms with Crippen molar-refractivity contribution in [1.82, 2.24) is 9.80 Å². The highest BCUT2D eigenvalue weighted by Gasteiger charge is 2.21. The van der Waals surface area contributed by atoms with Gasteiger partial charge in [0.05, 0.1) is 11.5 Å². The SMILES string of the molecule is CC(C)N(C)C(=O)CN1CCN(c2ccc([N+](=O)[O-])cc2)CC1. The van der Waals surface area contributed by atoms with Gasteiger partial charge in [-0.15, -0.1) is 0 Å². The second-order valence-corrected chi connectivity index (χ2v) is 6.14. The summed E-state index contributed by atoms with van der Waals surface area (Å²) in [4.78, 5) is 28.5. The molecule has 0 bridgehead atoms. The van der Waals surface area contributed by atoms with E-state index in [2.05, 4.69) is 9.80 Å². The number of carbonyl (C=O) groups is 1. The molecule has 1 aliphatic heterocycles. The summed E-state index contributed by atoms with van der Waals surface area (Å²) >= 11 is 0. The second-order valence-electron chi connectivity index (χ2n) is 6.14. The Labute approximate surface area is 136 Å². The van der Waals surface area contributed by atoms with E-state index in [9.17, 15) is 14.9 Å². The molecule has 0 N–H and O–H groups in total. The number of anilines is 1. The highest BCUT2D eigenvalue weighted by Crippen LogP contribution is 2.20. The molecule has 0 spiro atoms. The normalized spacial score (nSPS) is 15.7. The molecule has 2 rings (SSSR count). The number of nitrogens with zero attached hydrogens (tertiary/aromatic N) is 4. The van der Waals surface area contributed by atoms with Gasteiger partial charge in [0.25, 0.3) is 5.69 Å². The Morgan fingerprint density at radius 2 is 1.78 bits per heavy atom. The first-order valence-corrected chi connectivity index (χ1v) is 7.86. The third-order valence-electron chi connectivity index (χ3n) is 4.32. The minimum absolute atomic E-state index is 0.106. The molecule has 0 unspecified atom stereocenters. The first kappa shape index (κ1) is 17.2. The third-order valence-corrected chi connectivity index (χ3v) is 4.32. The van der Waals surface area contributed by atoms with Crippen LogP contribution in [0.1, 0.15) is 13.8 Å². The van der Waals surface area contributed by atoms with Crippen LogP contribution in [0.15, 0.2) is 24.3 Å². The second kappa shape index (κ2) is 7.41. The smallest absolute Gasteiger partial charge is 0.269 e. The standard InChI is InChI=1S/C16H24N4O3/c1-13(2)17(3)16(21)12-18-8-10-19(11-9-18)14-4-6-15(7-5-14)20(22)23/h4-7,13H,8-12H2,1-3H3. The van der Waals surface area contributed by atoms with Gasteiger partial charge in [-0.3, -0.25) is 19.8 Å². The Morgan fingerprint density at radius 1 is 1.22 bits per heavy atom. The van der Waals surface area contributed by atoms with Crippen molar-refractivity contribution >= 4 is 17.3 Å². The molecule has 0 radical (unpaired) electrons. The lowest BCUT2D eigenvalue weighted by atomic mass is 10.2. The quantitative estimate of drug-likeness (QED) is 0.608. The number of nitro benzene ring substituents is 1. The molecule has 1 heterocycles. The van der Waals surface area contributed by atoms with Crippen LogP contribution < -0.4 is 4.90 Å². The summed E-state index contributed by atoms with van der Waals surface area (Å²) in [6.45, 7) is 7.72. The lowest BCUT2D eigenvalue weighted by Gasteiger charge is -2.36. The molecule has 1 saturated heterocycles. The van der Waals surface area contributed by atoms with E-state index < -0.39 is 4.92 Å². The first-order chi connectivity index (χ1) is 10.9. The number of carbonyl (C=O) groups excluding carboxylic acids is 1. The molecule has 7 heteroatoms. The van der Waals surface area contributed by atoms with Crippen LogP contribution in [0, 0.1) is 10.1 Å². The number of piperazine rings is 1. The van der Waals surface area contributed by atoms with Crippen molar-refractivity contribution in [3.8, 4) is 0 Å². The molecule has 0 atom stereocenters. The number of rotatable bonds is 5. The molecule has 7 nitrogen and oxygen atoms in total. The molecule has 0 aliphatic carbocycles. The molecule has 23 heavy (non-hydrogen) atoms. The number of hydrogen-bond acceptors (Lipinski definition) is 5. The van der Waals surface area contributed by atoms with E-state index >= 15 is 0 Å². The van der Waals surface area contributed by atoms with Crippen LogP contribution >= 0.6 is 0 Å². The van der Waals surface area contributed by atoms with E-state index in [1.165, 1.54) is 12.1 Å². The average Bonchev–Trinajstić information content (AvgIpc) is 2.54. The van der Waals surface area contributed by atoms with Crippen molar-refractivity contribution < 1.29 is 9.72 Å². The number of benzene rings is 1. The van der Waals surface area contributed by atoms with Crippen LogP contribution in [0.25, 0.3) is 0 Å². The van der Waals surface area contributed by atoms with Gasteiger partial charge in [0.15, 0.2) is 0 Å². The maximum atomic E-state index is 12.1. The Bertz CT molecular complexity index is 551. The van der Waals surface area contributed by atoms with Gasteiger partial charge in [-0.25, -0.2) is 0 Å². The van der Waals surface area contributed by atoms with E-state index in [1.54, 1.807) is 17.0 Å². The summed E-state index contributed by atoms with van der Waals surface area (Å²) in [6, 6.07) is 6.84.